The van der Waals surface area contributed by atoms with Gasteiger partial charge in [0, 0.05) is 49.2 Å². The van der Waals surface area contributed by atoms with Crippen LogP contribution in [-0.2, 0) is 19.7 Å². The van der Waals surface area contributed by atoms with Crippen molar-refractivity contribution in [3.05, 3.63) is 82.4 Å². The van der Waals surface area contributed by atoms with Gasteiger partial charge in [0.2, 0.25) is 11.7 Å². The topological polar surface area (TPSA) is 159 Å². The van der Waals surface area contributed by atoms with Crippen molar-refractivity contribution in [3.8, 4) is 46.0 Å². The summed E-state index contributed by atoms with van der Waals surface area (Å²) in [5.41, 5.74) is 2.07. The summed E-state index contributed by atoms with van der Waals surface area (Å²) in [5, 5.41) is 18.4. The highest BCUT2D eigenvalue weighted by molar-refractivity contribution is 5.99. The Kier molecular flexibility index (Phi) is 10.9. The first-order chi connectivity index (χ1) is 24.1. The molecule has 3 aromatic heterocycles. The fraction of sp³-hybridized carbons (Fsp3) is 0.286. The molecular formula is C35H37F2N7O6. The molecule has 1 amide bonds. The highest BCUT2D eigenvalue weighted by atomic mass is 19.3. The highest BCUT2D eigenvalue weighted by Gasteiger charge is 2.31. The fourth-order valence-electron chi connectivity index (χ4n) is 5.27. The van der Waals surface area contributed by atoms with Crippen LogP contribution >= 0.6 is 0 Å². The summed E-state index contributed by atoms with van der Waals surface area (Å²) in [5.74, 6) is 0.490. The number of nitrogens with one attached hydrogen (secondary N) is 3. The number of pyridine rings is 1. The van der Waals surface area contributed by atoms with Crippen molar-refractivity contribution in [2.24, 2.45) is 0 Å². The van der Waals surface area contributed by atoms with Crippen molar-refractivity contribution in [2.75, 3.05) is 33.7 Å². The van der Waals surface area contributed by atoms with E-state index in [2.05, 4.69) is 25.7 Å². The van der Waals surface area contributed by atoms with Gasteiger partial charge in [-0.15, -0.1) is 0 Å². The Morgan fingerprint density at radius 2 is 1.74 bits per heavy atom. The van der Waals surface area contributed by atoms with Gasteiger partial charge < -0.3 is 39.4 Å². The van der Waals surface area contributed by atoms with E-state index in [9.17, 15) is 13.6 Å². The number of hydrogen-bond donors (Lipinski definition) is 3. The lowest BCUT2D eigenvalue weighted by Gasteiger charge is -2.14. The van der Waals surface area contributed by atoms with Gasteiger partial charge in [-0.05, 0) is 49.7 Å². The molecule has 0 fully saturated rings. The first-order valence-corrected chi connectivity index (χ1v) is 15.5. The highest BCUT2D eigenvalue weighted by Crippen LogP contribution is 2.40. The summed E-state index contributed by atoms with van der Waals surface area (Å²) in [4.78, 5) is 22.4. The Morgan fingerprint density at radius 1 is 1.02 bits per heavy atom. The van der Waals surface area contributed by atoms with Crippen molar-refractivity contribution in [1.82, 2.24) is 25.1 Å². The number of methoxy groups -OCH3 is 3. The summed E-state index contributed by atoms with van der Waals surface area (Å²) in [6.07, 6.45) is -2.17. The first-order valence-electron chi connectivity index (χ1n) is 15.5. The van der Waals surface area contributed by atoms with Crippen molar-refractivity contribution < 1.29 is 36.9 Å². The molecule has 13 nitrogen and oxygen atoms in total. The number of rotatable bonds is 15. The minimum absolute atomic E-state index is 0.0697. The van der Waals surface area contributed by atoms with Crippen molar-refractivity contribution in [1.29, 1.82) is 5.41 Å². The maximum absolute atomic E-state index is 14.7. The molecule has 5 rings (SSSR count). The standard InChI is InChI=1S/C35H37F2N7O6/c1-7-44-30(31(19(2)43-44)49-18-20-8-11-22(46-4)12-9-20)35-42-29(32(50-35)33(36)37)28-24(16-38)25(39-3)15-26(41-28)34(45)40-17-21-10-13-23(47-5)14-27(21)48-6/h8-16,33,38H,7,17-18H2,1-6H3,(H,39,41)(H,40,45). The van der Waals surface area contributed by atoms with Crippen LogP contribution < -0.4 is 29.6 Å². The molecule has 0 aliphatic carbocycles. The number of nitrogens with zero attached hydrogens (tertiary/aromatic N) is 4. The number of benzene rings is 2. The number of alkyl halides is 2. The molecule has 0 radical (unpaired) electrons. The Bertz CT molecular complexity index is 1990. The third kappa shape index (κ3) is 7.21. The van der Waals surface area contributed by atoms with Gasteiger partial charge in [-0.1, -0.05) is 12.1 Å². The van der Waals surface area contributed by atoms with E-state index in [4.69, 9.17) is 28.8 Å². The van der Waals surface area contributed by atoms with E-state index in [0.717, 1.165) is 11.8 Å². The van der Waals surface area contributed by atoms with E-state index >= 15 is 0 Å². The zero-order chi connectivity index (χ0) is 35.9. The van der Waals surface area contributed by atoms with Gasteiger partial charge in [0.15, 0.2) is 11.4 Å². The number of hydrogen-bond acceptors (Lipinski definition) is 11. The Hall–Kier alpha value is -5.99. The smallest absolute Gasteiger partial charge is 0.297 e. The predicted molar refractivity (Wildman–Crippen MR) is 182 cm³/mol. The Morgan fingerprint density at radius 3 is 2.36 bits per heavy atom. The average Bonchev–Trinajstić information content (AvgIpc) is 3.73. The third-order valence-corrected chi connectivity index (χ3v) is 7.83. The van der Waals surface area contributed by atoms with Crippen LogP contribution in [0.4, 0.5) is 14.5 Å². The zero-order valence-electron chi connectivity index (χ0n) is 28.4. The molecule has 15 heteroatoms. The van der Waals surface area contributed by atoms with Crippen LogP contribution in [0.25, 0.3) is 23.0 Å². The average molecular weight is 690 g/mol. The maximum atomic E-state index is 14.7. The van der Waals surface area contributed by atoms with Crippen LogP contribution in [0.1, 0.15) is 52.0 Å². The van der Waals surface area contributed by atoms with Gasteiger partial charge in [0.25, 0.3) is 12.3 Å². The van der Waals surface area contributed by atoms with Gasteiger partial charge in [0.05, 0.1) is 21.3 Å². The summed E-state index contributed by atoms with van der Waals surface area (Å²) in [7, 11) is 6.18. The lowest BCUT2D eigenvalue weighted by atomic mass is 10.1. The Labute approximate surface area is 287 Å². The molecule has 3 heterocycles. The summed E-state index contributed by atoms with van der Waals surface area (Å²) in [6, 6.07) is 13.9. The molecule has 0 saturated heterocycles. The predicted octanol–water partition coefficient (Wildman–Crippen LogP) is 6.44. The second-order valence-electron chi connectivity index (χ2n) is 10.8. The molecule has 3 N–H and O–H groups in total. The second kappa shape index (κ2) is 15.5. The summed E-state index contributed by atoms with van der Waals surface area (Å²) in [6.45, 7) is 4.13. The van der Waals surface area contributed by atoms with Gasteiger partial charge >= 0.3 is 0 Å². The van der Waals surface area contributed by atoms with Crippen molar-refractivity contribution in [3.63, 3.8) is 0 Å². The maximum Gasteiger partial charge on any atom is 0.297 e. The molecule has 0 aliphatic heterocycles. The number of anilines is 1. The van der Waals surface area contributed by atoms with Gasteiger partial charge in [0.1, 0.15) is 46.6 Å². The van der Waals surface area contributed by atoms with E-state index in [1.165, 1.54) is 20.3 Å². The van der Waals surface area contributed by atoms with E-state index < -0.39 is 18.1 Å². The van der Waals surface area contributed by atoms with Gasteiger partial charge in [-0.3, -0.25) is 9.48 Å². The van der Waals surface area contributed by atoms with Crippen LogP contribution in [0, 0.1) is 12.3 Å². The lowest BCUT2D eigenvalue weighted by molar-refractivity contribution is 0.0946. The van der Waals surface area contributed by atoms with E-state index in [1.807, 2.05) is 19.1 Å². The van der Waals surface area contributed by atoms with E-state index in [1.54, 1.807) is 56.1 Å². The molecule has 50 heavy (non-hydrogen) atoms. The second-order valence-corrected chi connectivity index (χ2v) is 10.8. The first kappa shape index (κ1) is 35.3. The molecular weight excluding hydrogens is 652 g/mol. The van der Waals surface area contributed by atoms with Crippen LogP contribution in [0.3, 0.4) is 0 Å². The number of carbonyl (C=O) groups is 1. The number of aromatic nitrogens is 4. The van der Waals surface area contributed by atoms with Crippen LogP contribution in [0.15, 0.2) is 52.9 Å². The monoisotopic (exact) mass is 689 g/mol. The van der Waals surface area contributed by atoms with Crippen LogP contribution in [0.2, 0.25) is 0 Å². The minimum Gasteiger partial charge on any atom is -0.497 e. The molecule has 0 atom stereocenters. The number of aryl methyl sites for hydroxylation is 2. The number of carbonyl (C=O) groups excluding carboxylic acids is 1. The van der Waals surface area contributed by atoms with Crippen LogP contribution in [-0.4, -0.2) is 60.2 Å². The molecule has 0 unspecified atom stereocenters. The molecule has 5 aromatic rings. The molecule has 0 bridgehead atoms. The van der Waals surface area contributed by atoms with Crippen molar-refractivity contribution >= 4 is 17.8 Å². The number of amides is 1. The molecule has 0 saturated carbocycles. The SMILES string of the molecule is CCn1nc(C)c(OCc2ccc(OC)cc2)c1-c1nc(-c2nc(C(=O)NCc3ccc(OC)cc3OC)cc(NC)c2C=N)c(C(F)F)o1. The van der Waals surface area contributed by atoms with E-state index in [0.29, 0.717) is 46.5 Å². The molecule has 2 aromatic carbocycles. The number of oxazole rings is 1. The molecule has 262 valence electrons. The normalized spacial score (nSPS) is 11.0. The molecule has 0 aliphatic rings. The fourth-order valence-corrected chi connectivity index (χ4v) is 5.27. The number of ether oxygens (including phenoxy) is 4. The third-order valence-electron chi connectivity index (χ3n) is 7.83. The van der Waals surface area contributed by atoms with Gasteiger partial charge in [-0.2, -0.15) is 5.10 Å². The molecule has 0 spiro atoms. The van der Waals surface area contributed by atoms with Gasteiger partial charge in [-0.25, -0.2) is 18.7 Å². The van der Waals surface area contributed by atoms with Crippen LogP contribution in [0.5, 0.6) is 23.0 Å². The lowest BCUT2D eigenvalue weighted by Crippen LogP contribution is -2.24. The zero-order valence-corrected chi connectivity index (χ0v) is 28.4. The minimum atomic E-state index is -3.12. The Balaban J connectivity index is 1.54. The quantitative estimate of drug-likeness (QED) is 0.104. The summed E-state index contributed by atoms with van der Waals surface area (Å²) < 4.78 is 58.7. The number of halogens is 2. The summed E-state index contributed by atoms with van der Waals surface area (Å²) >= 11 is 0. The largest absolute Gasteiger partial charge is 0.497 e. The van der Waals surface area contributed by atoms with E-state index in [-0.39, 0.29) is 47.4 Å². The van der Waals surface area contributed by atoms with Crippen molar-refractivity contribution in [2.45, 2.75) is 40.0 Å².